The lowest BCUT2D eigenvalue weighted by molar-refractivity contribution is -0.118. The molecule has 7 nitrogen and oxygen atoms in total. The van der Waals surface area contributed by atoms with Crippen LogP contribution in [0.5, 0.6) is 0 Å². The Labute approximate surface area is 191 Å². The maximum Gasteiger partial charge on any atom is 0.261 e. The Morgan fingerprint density at radius 3 is 2.67 bits per heavy atom. The summed E-state index contributed by atoms with van der Waals surface area (Å²) in [5.74, 6) is -0.951. The summed E-state index contributed by atoms with van der Waals surface area (Å²) in [6, 6.07) is 5.47. The number of fused-ring (bicyclic) bond motifs is 4. The minimum absolute atomic E-state index is 0.0186. The summed E-state index contributed by atoms with van der Waals surface area (Å²) < 4.78 is 0. The van der Waals surface area contributed by atoms with Crippen molar-refractivity contribution in [3.8, 4) is 0 Å². The van der Waals surface area contributed by atoms with Gasteiger partial charge in [0.05, 0.1) is 11.3 Å². The highest BCUT2D eigenvalue weighted by molar-refractivity contribution is 6.29. The van der Waals surface area contributed by atoms with Crippen LogP contribution in [0.3, 0.4) is 0 Å². The number of hydrogen-bond acceptors (Lipinski definition) is 4. The number of Topliss-reactive ketones (excluding diaryl/α,β-unsaturated/α-hetero) is 1. The monoisotopic (exact) mass is 442 g/mol. The topological polar surface area (TPSA) is 94.3 Å². The number of amides is 2. The zero-order chi connectivity index (χ0) is 22.8. The fourth-order valence-corrected chi connectivity index (χ4v) is 4.50. The molecule has 2 amide bonds. The number of likely N-dealkylation sites (tertiary alicyclic amines) is 1. The molecule has 0 unspecified atom stereocenters. The summed E-state index contributed by atoms with van der Waals surface area (Å²) in [4.78, 5) is 44.7. The minimum atomic E-state index is -0.539. The molecular weight excluding hydrogens is 416 g/mol. The number of aromatic amines is 1. The van der Waals surface area contributed by atoms with Crippen molar-refractivity contribution in [3.63, 3.8) is 0 Å². The highest BCUT2D eigenvalue weighted by Crippen LogP contribution is 2.27. The van der Waals surface area contributed by atoms with Gasteiger partial charge in [0.2, 0.25) is 0 Å². The highest BCUT2D eigenvalue weighted by atomic mass is 16.2. The van der Waals surface area contributed by atoms with E-state index in [1.54, 1.807) is 24.4 Å². The van der Waals surface area contributed by atoms with Gasteiger partial charge < -0.3 is 20.5 Å². The first-order valence-corrected chi connectivity index (χ1v) is 11.4. The van der Waals surface area contributed by atoms with E-state index in [1.807, 2.05) is 29.2 Å². The van der Waals surface area contributed by atoms with E-state index in [4.69, 9.17) is 0 Å². The molecule has 3 heterocycles. The largest absolute Gasteiger partial charge is 0.364 e. The zero-order valence-electron chi connectivity index (χ0n) is 18.3. The van der Waals surface area contributed by atoms with Crippen LogP contribution in [0.4, 0.5) is 5.69 Å². The Hall–Kier alpha value is -3.87. The van der Waals surface area contributed by atoms with Crippen LogP contribution in [-0.2, 0) is 9.59 Å². The molecule has 2 aromatic rings. The third kappa shape index (κ3) is 4.26. The normalized spacial score (nSPS) is 18.4. The number of hydrogen-bond donors (Lipinski definition) is 3. The molecule has 1 saturated heterocycles. The molecule has 0 saturated carbocycles. The lowest BCUT2D eigenvalue weighted by Crippen LogP contribution is -2.36. The van der Waals surface area contributed by atoms with Gasteiger partial charge in [0.15, 0.2) is 5.78 Å². The van der Waals surface area contributed by atoms with Gasteiger partial charge in [0, 0.05) is 47.7 Å². The zero-order valence-corrected chi connectivity index (χ0v) is 18.3. The van der Waals surface area contributed by atoms with E-state index in [9.17, 15) is 14.4 Å². The quantitative estimate of drug-likeness (QED) is 0.628. The molecule has 1 aromatic heterocycles. The first-order valence-electron chi connectivity index (χ1n) is 11.4. The van der Waals surface area contributed by atoms with Gasteiger partial charge in [-0.25, -0.2) is 0 Å². The van der Waals surface area contributed by atoms with Crippen LogP contribution in [-0.4, -0.2) is 40.6 Å². The molecule has 2 aliphatic heterocycles. The number of H-pyrrole nitrogens is 1. The summed E-state index contributed by atoms with van der Waals surface area (Å²) in [5, 5.41) is 6.85. The number of nitrogens with one attached hydrogen (secondary N) is 3. The molecule has 3 aliphatic rings. The van der Waals surface area contributed by atoms with Crippen molar-refractivity contribution in [2.24, 2.45) is 0 Å². The van der Waals surface area contributed by atoms with E-state index in [0.717, 1.165) is 35.9 Å². The molecule has 33 heavy (non-hydrogen) atoms. The van der Waals surface area contributed by atoms with Crippen LogP contribution in [0.1, 0.15) is 42.5 Å². The van der Waals surface area contributed by atoms with Gasteiger partial charge in [-0.2, -0.15) is 0 Å². The Kier molecular flexibility index (Phi) is 5.69. The standard InChI is InChI=1S/C26H26N4O3/c31-24-17-6-2-3-7-19(9-8-17)28-16-21(24)25(32)29-23-15-22-18(10-11-27-22)14-20(23)26(33)30-12-4-1-5-13-30/h2-3,6-7,10-11,14-16,27-28H,1,4-5,8-9,12-13H2,(H,29,32). The van der Waals surface area contributed by atoms with E-state index in [0.29, 0.717) is 42.8 Å². The number of allylic oxidation sites excluding steroid dienone is 6. The van der Waals surface area contributed by atoms with Crippen LogP contribution in [0, 0.1) is 0 Å². The number of nitrogens with zero attached hydrogens (tertiary/aromatic N) is 1. The third-order valence-electron chi connectivity index (χ3n) is 6.37. The van der Waals surface area contributed by atoms with Crippen LogP contribution in [0.2, 0.25) is 0 Å². The average molecular weight is 443 g/mol. The molecule has 0 atom stereocenters. The van der Waals surface area contributed by atoms with Crippen molar-refractivity contribution in [1.29, 1.82) is 0 Å². The predicted octanol–water partition coefficient (Wildman–Crippen LogP) is 3.95. The highest BCUT2D eigenvalue weighted by Gasteiger charge is 2.27. The van der Waals surface area contributed by atoms with Gasteiger partial charge >= 0.3 is 0 Å². The van der Waals surface area contributed by atoms with Crippen molar-refractivity contribution in [3.05, 3.63) is 77.3 Å². The van der Waals surface area contributed by atoms with Crippen molar-refractivity contribution in [2.75, 3.05) is 18.4 Å². The second-order valence-electron chi connectivity index (χ2n) is 8.57. The van der Waals surface area contributed by atoms with Gasteiger partial charge in [0.1, 0.15) is 5.57 Å². The summed E-state index contributed by atoms with van der Waals surface area (Å²) in [5.41, 5.74) is 3.18. The molecule has 168 valence electrons. The first kappa shape index (κ1) is 21.0. The van der Waals surface area contributed by atoms with Gasteiger partial charge in [-0.1, -0.05) is 18.2 Å². The van der Waals surface area contributed by atoms with Gasteiger partial charge in [-0.3, -0.25) is 14.4 Å². The molecule has 0 radical (unpaired) electrons. The number of ketones is 1. The molecule has 1 aliphatic carbocycles. The second kappa shape index (κ2) is 8.94. The van der Waals surface area contributed by atoms with Crippen molar-refractivity contribution < 1.29 is 14.4 Å². The van der Waals surface area contributed by atoms with E-state index in [-0.39, 0.29) is 17.3 Å². The first-order chi connectivity index (χ1) is 16.1. The van der Waals surface area contributed by atoms with Gasteiger partial charge in [0.25, 0.3) is 11.8 Å². The molecule has 1 fully saturated rings. The SMILES string of the molecule is O=C(Nc1cc2[nH]ccc2cc1C(=O)N1CCCCC1)C1=CNC2=CC=CC=C(CC2)C1=O. The molecule has 0 spiro atoms. The van der Waals surface area contributed by atoms with Gasteiger partial charge in [-0.05, 0) is 56.4 Å². The number of benzene rings is 1. The van der Waals surface area contributed by atoms with Crippen LogP contribution >= 0.6 is 0 Å². The summed E-state index contributed by atoms with van der Waals surface area (Å²) in [6.07, 6.45) is 15.0. The lowest BCUT2D eigenvalue weighted by Gasteiger charge is -2.27. The number of carbonyl (C=O) groups excluding carboxylic acids is 3. The number of piperidine rings is 1. The minimum Gasteiger partial charge on any atom is -0.364 e. The average Bonchev–Trinajstić information content (AvgIpc) is 3.27. The van der Waals surface area contributed by atoms with Crippen LogP contribution < -0.4 is 10.6 Å². The molecule has 2 bridgehead atoms. The predicted molar refractivity (Wildman–Crippen MR) is 127 cm³/mol. The molecule has 7 heteroatoms. The summed E-state index contributed by atoms with van der Waals surface area (Å²) >= 11 is 0. The van der Waals surface area contributed by atoms with Crippen molar-refractivity contribution >= 4 is 34.2 Å². The van der Waals surface area contributed by atoms with E-state index in [1.165, 1.54) is 6.20 Å². The Bertz CT molecular complexity index is 1260. The third-order valence-corrected chi connectivity index (χ3v) is 6.37. The fraction of sp³-hybridized carbons (Fsp3) is 0.269. The molecule has 3 N–H and O–H groups in total. The van der Waals surface area contributed by atoms with E-state index in [2.05, 4.69) is 15.6 Å². The maximum atomic E-state index is 13.3. The van der Waals surface area contributed by atoms with E-state index >= 15 is 0 Å². The smallest absolute Gasteiger partial charge is 0.261 e. The lowest BCUT2D eigenvalue weighted by atomic mass is 9.95. The molecule has 1 aromatic carbocycles. The number of aromatic nitrogens is 1. The Morgan fingerprint density at radius 2 is 1.82 bits per heavy atom. The number of anilines is 1. The molecule has 5 rings (SSSR count). The van der Waals surface area contributed by atoms with Crippen molar-refractivity contribution in [1.82, 2.24) is 15.2 Å². The summed E-state index contributed by atoms with van der Waals surface area (Å²) in [7, 11) is 0. The Morgan fingerprint density at radius 1 is 1.00 bits per heavy atom. The number of rotatable bonds is 3. The molecular formula is C26H26N4O3. The Balaban J connectivity index is 1.48. The summed E-state index contributed by atoms with van der Waals surface area (Å²) in [6.45, 7) is 1.42. The fourth-order valence-electron chi connectivity index (χ4n) is 4.50. The second-order valence-corrected chi connectivity index (χ2v) is 8.57. The van der Waals surface area contributed by atoms with Crippen LogP contribution in [0.25, 0.3) is 10.9 Å². The van der Waals surface area contributed by atoms with Gasteiger partial charge in [-0.15, -0.1) is 0 Å². The maximum absolute atomic E-state index is 13.3. The number of carbonyl (C=O) groups is 3. The van der Waals surface area contributed by atoms with Crippen LogP contribution in [0.15, 0.2) is 71.7 Å². The van der Waals surface area contributed by atoms with Crippen molar-refractivity contribution in [2.45, 2.75) is 32.1 Å². The van der Waals surface area contributed by atoms with E-state index < -0.39 is 5.91 Å².